The van der Waals surface area contributed by atoms with Crippen LogP contribution in [0.5, 0.6) is 0 Å². The summed E-state index contributed by atoms with van der Waals surface area (Å²) in [6, 6.07) is 0. The van der Waals surface area contributed by atoms with Crippen molar-refractivity contribution in [3.8, 4) is 0 Å². The third-order valence-corrected chi connectivity index (χ3v) is 5.50. The minimum absolute atomic E-state index is 0.264. The average Bonchev–Trinajstić information content (AvgIpc) is 3.14. The molecular formula is C20H36O7Si. The Morgan fingerprint density at radius 1 is 1.04 bits per heavy atom. The van der Waals surface area contributed by atoms with Gasteiger partial charge in [-0.1, -0.05) is 13.3 Å². The predicted molar refractivity (Wildman–Crippen MR) is 106 cm³/mol. The van der Waals surface area contributed by atoms with E-state index in [2.05, 4.69) is 26.6 Å². The van der Waals surface area contributed by atoms with Crippen LogP contribution in [0.3, 0.4) is 0 Å². The van der Waals surface area contributed by atoms with Crippen molar-refractivity contribution in [2.45, 2.75) is 109 Å². The lowest BCUT2D eigenvalue weighted by Gasteiger charge is -2.31. The molecule has 0 aromatic rings. The fraction of sp³-hybridized carbons (Fsp3) is 0.900. The van der Waals surface area contributed by atoms with E-state index < -0.39 is 32.3 Å². The van der Waals surface area contributed by atoms with Gasteiger partial charge in [-0.15, -0.1) is 0 Å². The summed E-state index contributed by atoms with van der Waals surface area (Å²) < 4.78 is 42.7. The van der Waals surface area contributed by atoms with E-state index >= 15 is 0 Å². The van der Waals surface area contributed by atoms with Crippen molar-refractivity contribution in [3.05, 3.63) is 12.0 Å². The van der Waals surface area contributed by atoms with Gasteiger partial charge in [-0.25, -0.2) is 0 Å². The van der Waals surface area contributed by atoms with Crippen molar-refractivity contribution in [2.75, 3.05) is 6.61 Å². The SMILES string of the molecule is CCC/C=C(\O[C@@H]1[C@H]2OC(C)(C)O[C@H]2O[C@@H]1[C@H]1COC(C)(C)O1)O[Si](C)(C)C. The molecule has 3 fully saturated rings. The van der Waals surface area contributed by atoms with Gasteiger partial charge in [-0.05, 0) is 59.8 Å². The van der Waals surface area contributed by atoms with Gasteiger partial charge in [0.1, 0.15) is 12.2 Å². The highest BCUT2D eigenvalue weighted by atomic mass is 28.4. The average molecular weight is 417 g/mol. The van der Waals surface area contributed by atoms with E-state index in [4.69, 9.17) is 32.8 Å². The second kappa shape index (κ2) is 7.89. The minimum atomic E-state index is -1.84. The van der Waals surface area contributed by atoms with Crippen LogP contribution in [0, 0.1) is 0 Å². The molecular weight excluding hydrogens is 380 g/mol. The second-order valence-corrected chi connectivity index (χ2v) is 14.0. The highest BCUT2D eigenvalue weighted by Crippen LogP contribution is 2.42. The van der Waals surface area contributed by atoms with E-state index in [-0.39, 0.29) is 18.3 Å². The molecule has 0 aromatic heterocycles. The number of ether oxygens (including phenoxy) is 6. The molecule has 0 saturated carbocycles. The molecule has 162 valence electrons. The first-order valence-electron chi connectivity index (χ1n) is 10.3. The van der Waals surface area contributed by atoms with Crippen LogP contribution in [-0.4, -0.2) is 57.2 Å². The van der Waals surface area contributed by atoms with Crippen LogP contribution in [0.25, 0.3) is 0 Å². The molecule has 0 N–H and O–H groups in total. The van der Waals surface area contributed by atoms with Gasteiger partial charge in [0, 0.05) is 0 Å². The number of unbranched alkanes of at least 4 members (excludes halogenated alkanes) is 1. The largest absolute Gasteiger partial charge is 0.520 e. The quantitative estimate of drug-likeness (QED) is 0.461. The van der Waals surface area contributed by atoms with Crippen LogP contribution in [0.4, 0.5) is 0 Å². The van der Waals surface area contributed by atoms with E-state index in [0.29, 0.717) is 12.6 Å². The van der Waals surface area contributed by atoms with Crippen LogP contribution in [0.2, 0.25) is 19.6 Å². The first-order chi connectivity index (χ1) is 12.9. The lowest BCUT2D eigenvalue weighted by atomic mass is 10.1. The fourth-order valence-corrected chi connectivity index (χ4v) is 4.36. The topological polar surface area (TPSA) is 64.6 Å². The van der Waals surface area contributed by atoms with Gasteiger partial charge < -0.3 is 32.8 Å². The van der Waals surface area contributed by atoms with Crippen molar-refractivity contribution in [3.63, 3.8) is 0 Å². The molecule has 5 atom stereocenters. The summed E-state index contributed by atoms with van der Waals surface area (Å²) in [7, 11) is -1.84. The summed E-state index contributed by atoms with van der Waals surface area (Å²) >= 11 is 0. The summed E-state index contributed by atoms with van der Waals surface area (Å²) in [5.41, 5.74) is 0. The molecule has 0 radical (unpaired) electrons. The summed E-state index contributed by atoms with van der Waals surface area (Å²) in [6.07, 6.45) is 2.00. The van der Waals surface area contributed by atoms with Crippen LogP contribution in [0.1, 0.15) is 47.5 Å². The van der Waals surface area contributed by atoms with Crippen LogP contribution >= 0.6 is 0 Å². The number of hydrogen-bond donors (Lipinski definition) is 0. The standard InChI is InChI=1S/C20H36O7Si/c1-9-10-11-14(27-28(6,7)8)22-16-15(13-12-21-19(2,3)24-13)23-18-17(16)25-20(4,5)26-18/h11,13,15-18H,9-10,12H2,1-8H3/b14-11+/t13-,15-,16+,17-,18-/m1/s1. The Balaban J connectivity index is 1.81. The molecule has 3 aliphatic heterocycles. The Bertz CT molecular complexity index is 584. The number of hydrogen-bond acceptors (Lipinski definition) is 7. The maximum Gasteiger partial charge on any atom is 0.261 e. The molecule has 0 bridgehead atoms. The second-order valence-electron chi connectivity index (χ2n) is 9.55. The number of allylic oxidation sites excluding steroid dienone is 1. The fourth-order valence-electron chi connectivity index (χ4n) is 3.63. The van der Waals surface area contributed by atoms with E-state index in [1.165, 1.54) is 0 Å². The van der Waals surface area contributed by atoms with Gasteiger partial charge >= 0.3 is 0 Å². The molecule has 3 aliphatic rings. The first-order valence-corrected chi connectivity index (χ1v) is 13.7. The molecule has 0 amide bonds. The number of fused-ring (bicyclic) bond motifs is 1. The van der Waals surface area contributed by atoms with E-state index in [1.807, 2.05) is 33.8 Å². The van der Waals surface area contributed by atoms with Gasteiger partial charge in [0.15, 0.2) is 30.1 Å². The molecule has 0 spiro atoms. The summed E-state index contributed by atoms with van der Waals surface area (Å²) in [5, 5.41) is 0. The molecule has 3 rings (SSSR count). The Kier molecular flexibility index (Phi) is 6.21. The summed E-state index contributed by atoms with van der Waals surface area (Å²) in [6.45, 7) is 16.5. The van der Waals surface area contributed by atoms with Gasteiger partial charge in [0.05, 0.1) is 6.61 Å². The van der Waals surface area contributed by atoms with Gasteiger partial charge in [-0.2, -0.15) is 0 Å². The van der Waals surface area contributed by atoms with E-state index in [0.717, 1.165) is 12.8 Å². The molecule has 28 heavy (non-hydrogen) atoms. The van der Waals surface area contributed by atoms with Gasteiger partial charge in [-0.3, -0.25) is 0 Å². The maximum atomic E-state index is 6.40. The van der Waals surface area contributed by atoms with Gasteiger partial charge in [0.25, 0.3) is 5.95 Å². The van der Waals surface area contributed by atoms with Crippen molar-refractivity contribution >= 4 is 8.32 Å². The monoisotopic (exact) mass is 416 g/mol. The molecule has 7 nitrogen and oxygen atoms in total. The molecule has 3 saturated heterocycles. The van der Waals surface area contributed by atoms with Crippen LogP contribution in [-0.2, 0) is 32.8 Å². The van der Waals surface area contributed by atoms with Gasteiger partial charge in [0.2, 0.25) is 8.32 Å². The van der Waals surface area contributed by atoms with Crippen LogP contribution in [0.15, 0.2) is 12.0 Å². The van der Waals surface area contributed by atoms with Crippen molar-refractivity contribution in [1.82, 2.24) is 0 Å². The molecule has 8 heteroatoms. The van der Waals surface area contributed by atoms with Crippen molar-refractivity contribution in [2.24, 2.45) is 0 Å². The zero-order chi connectivity index (χ0) is 20.7. The predicted octanol–water partition coefficient (Wildman–Crippen LogP) is 3.89. The Morgan fingerprint density at radius 2 is 1.75 bits per heavy atom. The van der Waals surface area contributed by atoms with Crippen molar-refractivity contribution < 1.29 is 32.8 Å². The van der Waals surface area contributed by atoms with E-state index in [9.17, 15) is 0 Å². The Hall–Kier alpha value is -0.643. The zero-order valence-corrected chi connectivity index (χ0v) is 19.4. The van der Waals surface area contributed by atoms with Crippen LogP contribution < -0.4 is 0 Å². The summed E-state index contributed by atoms with van der Waals surface area (Å²) in [4.78, 5) is 0. The normalized spacial score (nSPS) is 37.1. The zero-order valence-electron chi connectivity index (χ0n) is 18.4. The lowest BCUT2D eigenvalue weighted by Crippen LogP contribution is -2.44. The Labute approximate surface area is 169 Å². The summed E-state index contributed by atoms with van der Waals surface area (Å²) in [5.74, 6) is -0.819. The first kappa shape index (κ1) is 22.1. The highest BCUT2D eigenvalue weighted by molar-refractivity contribution is 6.70. The Morgan fingerprint density at radius 3 is 2.32 bits per heavy atom. The van der Waals surface area contributed by atoms with E-state index in [1.54, 1.807) is 0 Å². The number of rotatable bonds is 7. The molecule has 3 heterocycles. The molecule has 0 unspecified atom stereocenters. The minimum Gasteiger partial charge on any atom is -0.520 e. The highest BCUT2D eigenvalue weighted by Gasteiger charge is 2.60. The maximum absolute atomic E-state index is 6.40. The smallest absolute Gasteiger partial charge is 0.261 e. The third kappa shape index (κ3) is 5.28. The lowest BCUT2D eigenvalue weighted by molar-refractivity contribution is -0.235. The molecule has 0 aromatic carbocycles. The molecule has 0 aliphatic carbocycles. The third-order valence-electron chi connectivity index (χ3n) is 4.68. The van der Waals surface area contributed by atoms with Crippen molar-refractivity contribution in [1.29, 1.82) is 0 Å².